The molecule has 0 aliphatic carbocycles. The van der Waals surface area contributed by atoms with Gasteiger partial charge in [-0.1, -0.05) is 0 Å². The number of ether oxygens (including phenoxy) is 2. The number of rotatable bonds is 13. The fourth-order valence-corrected chi connectivity index (χ4v) is 2.67. The van der Waals surface area contributed by atoms with Gasteiger partial charge < -0.3 is 14.0 Å². The van der Waals surface area contributed by atoms with Gasteiger partial charge in [0, 0.05) is 13.0 Å². The first-order valence-corrected chi connectivity index (χ1v) is 8.95. The fourth-order valence-electron chi connectivity index (χ4n) is 2.17. The second-order valence-electron chi connectivity index (χ2n) is 4.87. The third-order valence-corrected chi connectivity index (χ3v) is 4.47. The van der Waals surface area contributed by atoms with Crippen LogP contribution in [0, 0.1) is 0 Å². The molecule has 0 spiro atoms. The molecular formula is C13H30NO5S+. The second kappa shape index (κ2) is 10.5. The number of quaternary nitrogens is 1. The van der Waals surface area contributed by atoms with E-state index in [0.717, 1.165) is 30.7 Å². The molecule has 0 aromatic heterocycles. The smallest absolute Gasteiger partial charge is 0.265 e. The third kappa shape index (κ3) is 9.66. The zero-order valence-corrected chi connectivity index (χ0v) is 13.8. The monoisotopic (exact) mass is 312 g/mol. The summed E-state index contributed by atoms with van der Waals surface area (Å²) in [6.07, 6.45) is 0.472. The SMILES string of the molecule is CCOCCOCC[N+](CC)(CC)CCCS(=O)(=O)O. The maximum Gasteiger partial charge on any atom is 0.265 e. The average molecular weight is 312 g/mol. The van der Waals surface area contributed by atoms with Gasteiger partial charge in [0.1, 0.15) is 6.54 Å². The van der Waals surface area contributed by atoms with Crippen LogP contribution in [-0.4, -0.2) is 75.8 Å². The van der Waals surface area contributed by atoms with Crippen LogP contribution in [0.3, 0.4) is 0 Å². The highest BCUT2D eigenvalue weighted by molar-refractivity contribution is 7.85. The highest BCUT2D eigenvalue weighted by Gasteiger charge is 2.23. The molecule has 0 radical (unpaired) electrons. The summed E-state index contributed by atoms with van der Waals surface area (Å²) in [5.41, 5.74) is 0. The van der Waals surface area contributed by atoms with Crippen molar-refractivity contribution in [2.75, 3.05) is 58.4 Å². The molecule has 0 atom stereocenters. The lowest BCUT2D eigenvalue weighted by Crippen LogP contribution is -2.50. The molecule has 0 saturated heterocycles. The maximum absolute atomic E-state index is 10.8. The van der Waals surface area contributed by atoms with Gasteiger partial charge in [-0.05, 0) is 20.8 Å². The molecule has 0 saturated carbocycles. The van der Waals surface area contributed by atoms with Gasteiger partial charge in [0.25, 0.3) is 10.1 Å². The Bertz CT molecular complexity index is 328. The van der Waals surface area contributed by atoms with Crippen molar-refractivity contribution in [2.24, 2.45) is 0 Å². The summed E-state index contributed by atoms with van der Waals surface area (Å²) in [5, 5.41) is 0. The Morgan fingerprint density at radius 1 is 0.950 bits per heavy atom. The first kappa shape index (κ1) is 19.8. The van der Waals surface area contributed by atoms with E-state index in [9.17, 15) is 8.42 Å². The van der Waals surface area contributed by atoms with Crippen LogP contribution in [0.2, 0.25) is 0 Å². The Morgan fingerprint density at radius 3 is 2.05 bits per heavy atom. The Morgan fingerprint density at radius 2 is 1.55 bits per heavy atom. The van der Waals surface area contributed by atoms with E-state index < -0.39 is 10.1 Å². The topological polar surface area (TPSA) is 72.8 Å². The summed E-state index contributed by atoms with van der Waals surface area (Å²) in [4.78, 5) is 0. The Labute approximate surface area is 123 Å². The van der Waals surface area contributed by atoms with Crippen molar-refractivity contribution in [3.05, 3.63) is 0 Å². The Balaban J connectivity index is 4.04. The Hall–Kier alpha value is -0.210. The van der Waals surface area contributed by atoms with E-state index in [0.29, 0.717) is 32.8 Å². The minimum atomic E-state index is -3.86. The summed E-state index contributed by atoms with van der Waals surface area (Å²) in [5.74, 6) is -0.168. The largest absolute Gasteiger partial charge is 0.379 e. The molecule has 1 N–H and O–H groups in total. The van der Waals surface area contributed by atoms with Crippen LogP contribution in [0.25, 0.3) is 0 Å². The summed E-state index contributed by atoms with van der Waals surface area (Å²) < 4.78 is 41.9. The number of likely N-dealkylation sites (N-methyl/N-ethyl adjacent to an activating group) is 1. The van der Waals surface area contributed by atoms with Crippen LogP contribution >= 0.6 is 0 Å². The molecular weight excluding hydrogens is 282 g/mol. The fraction of sp³-hybridized carbons (Fsp3) is 1.00. The minimum absolute atomic E-state index is 0.168. The number of nitrogens with zero attached hydrogens (tertiary/aromatic N) is 1. The van der Waals surface area contributed by atoms with E-state index in [1.165, 1.54) is 0 Å². The van der Waals surface area contributed by atoms with Crippen molar-refractivity contribution < 1.29 is 26.9 Å². The molecule has 122 valence electrons. The zero-order valence-electron chi connectivity index (χ0n) is 13.0. The van der Waals surface area contributed by atoms with Crippen molar-refractivity contribution in [3.63, 3.8) is 0 Å². The molecule has 0 bridgehead atoms. The normalized spacial score (nSPS) is 12.8. The van der Waals surface area contributed by atoms with Crippen LogP contribution in [0.5, 0.6) is 0 Å². The van der Waals surface area contributed by atoms with Gasteiger partial charge in [-0.2, -0.15) is 8.42 Å². The molecule has 0 aromatic carbocycles. The molecule has 20 heavy (non-hydrogen) atoms. The van der Waals surface area contributed by atoms with E-state index in [4.69, 9.17) is 14.0 Å². The van der Waals surface area contributed by atoms with Crippen LogP contribution in [0.15, 0.2) is 0 Å². The van der Waals surface area contributed by atoms with Gasteiger partial charge >= 0.3 is 0 Å². The van der Waals surface area contributed by atoms with Gasteiger partial charge in [0.05, 0.1) is 45.2 Å². The molecule has 0 aliphatic rings. The molecule has 6 nitrogen and oxygen atoms in total. The lowest BCUT2D eigenvalue weighted by Gasteiger charge is -2.36. The minimum Gasteiger partial charge on any atom is -0.379 e. The zero-order chi connectivity index (χ0) is 15.5. The van der Waals surface area contributed by atoms with Crippen molar-refractivity contribution in [3.8, 4) is 0 Å². The molecule has 7 heteroatoms. The molecule has 0 aliphatic heterocycles. The van der Waals surface area contributed by atoms with Crippen LogP contribution < -0.4 is 0 Å². The van der Waals surface area contributed by atoms with E-state index in [1.54, 1.807) is 0 Å². The average Bonchev–Trinajstić information content (AvgIpc) is 2.39. The second-order valence-corrected chi connectivity index (χ2v) is 6.44. The van der Waals surface area contributed by atoms with Crippen LogP contribution in [0.4, 0.5) is 0 Å². The van der Waals surface area contributed by atoms with Crippen molar-refractivity contribution in [1.29, 1.82) is 0 Å². The first-order valence-electron chi connectivity index (χ1n) is 7.35. The van der Waals surface area contributed by atoms with Crippen molar-refractivity contribution in [1.82, 2.24) is 0 Å². The van der Waals surface area contributed by atoms with E-state index in [1.807, 2.05) is 6.92 Å². The maximum atomic E-state index is 10.8. The van der Waals surface area contributed by atoms with E-state index >= 15 is 0 Å². The van der Waals surface area contributed by atoms with Gasteiger partial charge in [0.2, 0.25) is 0 Å². The third-order valence-electron chi connectivity index (χ3n) is 3.66. The molecule has 0 amide bonds. The van der Waals surface area contributed by atoms with Gasteiger partial charge in [0.15, 0.2) is 0 Å². The first-order chi connectivity index (χ1) is 9.39. The summed E-state index contributed by atoms with van der Waals surface area (Å²) in [6, 6.07) is 0. The van der Waals surface area contributed by atoms with Gasteiger partial charge in [-0.25, -0.2) is 0 Å². The van der Waals surface area contributed by atoms with Crippen molar-refractivity contribution in [2.45, 2.75) is 27.2 Å². The highest BCUT2D eigenvalue weighted by atomic mass is 32.2. The lowest BCUT2D eigenvalue weighted by atomic mass is 10.3. The molecule has 0 fully saturated rings. The Kier molecular flexibility index (Phi) is 10.4. The summed E-state index contributed by atoms with van der Waals surface area (Å²) in [6.45, 7) is 12.1. The predicted octanol–water partition coefficient (Wildman–Crippen LogP) is 1.17. The van der Waals surface area contributed by atoms with E-state index in [2.05, 4.69) is 13.8 Å². The van der Waals surface area contributed by atoms with Crippen molar-refractivity contribution >= 4 is 10.1 Å². The standard InChI is InChI=1S/C13H29NO5S/c1-4-14(5-2,8-7-13-20(15,16)17)9-10-19-12-11-18-6-3/h4-13H2,1-3H3/p+1. The molecule has 0 unspecified atom stereocenters. The summed E-state index contributed by atoms with van der Waals surface area (Å²) in [7, 11) is -3.86. The molecule has 0 heterocycles. The summed E-state index contributed by atoms with van der Waals surface area (Å²) >= 11 is 0. The van der Waals surface area contributed by atoms with Crippen LogP contribution in [0.1, 0.15) is 27.2 Å². The molecule has 0 rings (SSSR count). The highest BCUT2D eigenvalue weighted by Crippen LogP contribution is 2.08. The lowest BCUT2D eigenvalue weighted by molar-refractivity contribution is -0.925. The quantitative estimate of drug-likeness (QED) is 0.314. The number of hydrogen-bond donors (Lipinski definition) is 1. The van der Waals surface area contributed by atoms with E-state index in [-0.39, 0.29) is 5.75 Å². The number of hydrogen-bond acceptors (Lipinski definition) is 4. The van der Waals surface area contributed by atoms with Gasteiger partial charge in [-0.15, -0.1) is 0 Å². The van der Waals surface area contributed by atoms with Gasteiger partial charge in [-0.3, -0.25) is 4.55 Å². The van der Waals surface area contributed by atoms with Crippen LogP contribution in [-0.2, 0) is 19.6 Å². The predicted molar refractivity (Wildman–Crippen MR) is 79.4 cm³/mol. The molecule has 0 aromatic rings.